The van der Waals surface area contributed by atoms with Gasteiger partial charge in [-0.3, -0.25) is 0 Å². The third-order valence-corrected chi connectivity index (χ3v) is 5.83. The Bertz CT molecular complexity index is 773. The molecule has 0 spiro atoms. The van der Waals surface area contributed by atoms with Gasteiger partial charge in [-0.1, -0.05) is 18.2 Å². The number of nitrogens with zero attached hydrogens (tertiary/aromatic N) is 1. The van der Waals surface area contributed by atoms with Crippen LogP contribution in [0.5, 0.6) is 5.75 Å². The first-order valence-electron chi connectivity index (χ1n) is 7.38. The summed E-state index contributed by atoms with van der Waals surface area (Å²) in [5.41, 5.74) is 2.54. The van der Waals surface area contributed by atoms with Gasteiger partial charge in [-0.2, -0.15) is 4.31 Å². The van der Waals surface area contributed by atoms with Crippen LogP contribution in [0.2, 0.25) is 0 Å². The van der Waals surface area contributed by atoms with Gasteiger partial charge in [-0.25, -0.2) is 8.42 Å². The van der Waals surface area contributed by atoms with E-state index in [-0.39, 0.29) is 5.75 Å². The van der Waals surface area contributed by atoms with Crippen molar-refractivity contribution in [2.24, 2.45) is 0 Å². The number of phenols is 1. The highest BCUT2D eigenvalue weighted by molar-refractivity contribution is 7.89. The minimum absolute atomic E-state index is 0.183. The van der Waals surface area contributed by atoms with Crippen LogP contribution in [0.4, 0.5) is 0 Å². The monoisotopic (exact) mass is 317 g/mol. The van der Waals surface area contributed by atoms with Gasteiger partial charge in [-0.05, 0) is 60.7 Å². The van der Waals surface area contributed by atoms with Gasteiger partial charge < -0.3 is 5.11 Å². The fourth-order valence-corrected chi connectivity index (χ4v) is 4.41. The molecule has 1 fully saturated rings. The highest BCUT2D eigenvalue weighted by Gasteiger charge is 2.27. The van der Waals surface area contributed by atoms with Crippen LogP contribution < -0.4 is 0 Å². The predicted octanol–water partition coefficient (Wildman–Crippen LogP) is 3.15. The number of rotatable bonds is 3. The standard InChI is InChI=1S/C17H19NO3S/c1-13-9-15(11-16(19)10-13)14-5-4-6-17(12-14)22(20,21)18-7-2-3-8-18/h4-6,9-12,19H,2-3,7-8H2,1H3. The normalized spacial score (nSPS) is 16.0. The first-order valence-corrected chi connectivity index (χ1v) is 8.82. The smallest absolute Gasteiger partial charge is 0.243 e. The lowest BCUT2D eigenvalue weighted by atomic mass is 10.0. The van der Waals surface area contributed by atoms with Gasteiger partial charge in [0.2, 0.25) is 10.0 Å². The summed E-state index contributed by atoms with van der Waals surface area (Å²) in [5.74, 6) is 0.183. The molecule has 0 unspecified atom stereocenters. The maximum atomic E-state index is 12.6. The molecular weight excluding hydrogens is 298 g/mol. The van der Waals surface area contributed by atoms with Gasteiger partial charge in [0, 0.05) is 13.1 Å². The Morgan fingerprint density at radius 1 is 1.00 bits per heavy atom. The van der Waals surface area contributed by atoms with Crippen molar-refractivity contribution in [3.8, 4) is 16.9 Å². The molecule has 0 aromatic heterocycles. The molecule has 3 rings (SSSR count). The molecule has 2 aromatic carbocycles. The molecule has 1 saturated heterocycles. The van der Waals surface area contributed by atoms with Crippen molar-refractivity contribution in [2.75, 3.05) is 13.1 Å². The topological polar surface area (TPSA) is 57.6 Å². The van der Waals surface area contributed by atoms with E-state index in [9.17, 15) is 13.5 Å². The predicted molar refractivity (Wildman–Crippen MR) is 86.3 cm³/mol. The number of hydrogen-bond acceptors (Lipinski definition) is 3. The second kappa shape index (κ2) is 5.74. The molecule has 0 aliphatic carbocycles. The molecule has 1 N–H and O–H groups in total. The average Bonchev–Trinajstić information content (AvgIpc) is 3.01. The number of benzene rings is 2. The lowest BCUT2D eigenvalue weighted by Gasteiger charge is -2.16. The fraction of sp³-hybridized carbons (Fsp3) is 0.294. The van der Waals surface area contributed by atoms with Crippen LogP contribution in [-0.2, 0) is 10.0 Å². The van der Waals surface area contributed by atoms with E-state index in [1.54, 1.807) is 34.6 Å². The molecule has 22 heavy (non-hydrogen) atoms. The number of hydrogen-bond donors (Lipinski definition) is 1. The highest BCUT2D eigenvalue weighted by atomic mass is 32.2. The number of sulfonamides is 1. The molecule has 0 saturated carbocycles. The maximum absolute atomic E-state index is 12.6. The van der Waals surface area contributed by atoms with E-state index >= 15 is 0 Å². The average molecular weight is 317 g/mol. The van der Waals surface area contributed by atoms with Crippen molar-refractivity contribution < 1.29 is 13.5 Å². The van der Waals surface area contributed by atoms with E-state index in [1.807, 2.05) is 19.1 Å². The Labute approximate surface area is 131 Å². The summed E-state index contributed by atoms with van der Waals surface area (Å²) in [6, 6.07) is 12.2. The molecule has 2 aromatic rings. The van der Waals surface area contributed by atoms with Crippen molar-refractivity contribution in [1.82, 2.24) is 4.31 Å². The largest absolute Gasteiger partial charge is 0.508 e. The first-order chi connectivity index (χ1) is 10.5. The van der Waals surface area contributed by atoms with Crippen molar-refractivity contribution in [2.45, 2.75) is 24.7 Å². The fourth-order valence-electron chi connectivity index (χ4n) is 2.84. The number of phenolic OH excluding ortho intramolecular Hbond substituents is 1. The molecule has 0 amide bonds. The van der Waals surface area contributed by atoms with Crippen LogP contribution in [0.25, 0.3) is 11.1 Å². The summed E-state index contributed by atoms with van der Waals surface area (Å²) in [4.78, 5) is 0.313. The Hall–Kier alpha value is -1.85. The number of aromatic hydroxyl groups is 1. The third kappa shape index (κ3) is 2.87. The van der Waals surface area contributed by atoms with Crippen LogP contribution in [0.15, 0.2) is 47.4 Å². The van der Waals surface area contributed by atoms with Crippen LogP contribution in [-0.4, -0.2) is 30.9 Å². The van der Waals surface area contributed by atoms with Gasteiger partial charge in [0.05, 0.1) is 4.90 Å². The van der Waals surface area contributed by atoms with E-state index in [0.29, 0.717) is 18.0 Å². The van der Waals surface area contributed by atoms with E-state index in [0.717, 1.165) is 29.5 Å². The van der Waals surface area contributed by atoms with Gasteiger partial charge in [0.15, 0.2) is 0 Å². The lowest BCUT2D eigenvalue weighted by molar-refractivity contribution is 0.475. The molecule has 1 aliphatic rings. The van der Waals surface area contributed by atoms with Crippen molar-refractivity contribution in [1.29, 1.82) is 0 Å². The summed E-state index contributed by atoms with van der Waals surface area (Å²) in [5, 5.41) is 9.73. The Morgan fingerprint density at radius 3 is 2.41 bits per heavy atom. The van der Waals surface area contributed by atoms with Crippen molar-refractivity contribution >= 4 is 10.0 Å². The molecule has 5 heteroatoms. The zero-order valence-electron chi connectivity index (χ0n) is 12.5. The minimum Gasteiger partial charge on any atom is -0.508 e. The van der Waals surface area contributed by atoms with Crippen LogP contribution in [0.3, 0.4) is 0 Å². The van der Waals surface area contributed by atoms with E-state index < -0.39 is 10.0 Å². The van der Waals surface area contributed by atoms with E-state index in [2.05, 4.69) is 0 Å². The summed E-state index contributed by atoms with van der Waals surface area (Å²) in [7, 11) is -3.42. The molecule has 0 bridgehead atoms. The van der Waals surface area contributed by atoms with E-state index in [1.165, 1.54) is 0 Å². The lowest BCUT2D eigenvalue weighted by Crippen LogP contribution is -2.27. The van der Waals surface area contributed by atoms with Crippen LogP contribution in [0.1, 0.15) is 18.4 Å². The highest BCUT2D eigenvalue weighted by Crippen LogP contribution is 2.28. The Kier molecular flexibility index (Phi) is 3.93. The number of aryl methyl sites for hydroxylation is 1. The SMILES string of the molecule is Cc1cc(O)cc(-c2cccc(S(=O)(=O)N3CCCC3)c2)c1. The zero-order valence-corrected chi connectivity index (χ0v) is 13.3. The minimum atomic E-state index is -3.42. The molecule has 0 radical (unpaired) electrons. The quantitative estimate of drug-likeness (QED) is 0.946. The summed E-state index contributed by atoms with van der Waals surface area (Å²) < 4.78 is 26.8. The van der Waals surface area contributed by atoms with Crippen molar-refractivity contribution in [3.05, 3.63) is 48.0 Å². The molecule has 4 nitrogen and oxygen atoms in total. The van der Waals surface area contributed by atoms with Crippen molar-refractivity contribution in [3.63, 3.8) is 0 Å². The van der Waals surface area contributed by atoms with Crippen LogP contribution >= 0.6 is 0 Å². The molecule has 116 valence electrons. The zero-order chi connectivity index (χ0) is 15.7. The first kappa shape index (κ1) is 15.1. The second-order valence-corrected chi connectivity index (χ2v) is 7.63. The summed E-state index contributed by atoms with van der Waals surface area (Å²) >= 11 is 0. The maximum Gasteiger partial charge on any atom is 0.243 e. The summed E-state index contributed by atoms with van der Waals surface area (Å²) in [6.07, 6.45) is 1.84. The van der Waals surface area contributed by atoms with Gasteiger partial charge >= 0.3 is 0 Å². The van der Waals surface area contributed by atoms with E-state index in [4.69, 9.17) is 0 Å². The molecular formula is C17H19NO3S. The molecule has 0 atom stereocenters. The summed E-state index contributed by atoms with van der Waals surface area (Å²) in [6.45, 7) is 3.09. The van der Waals surface area contributed by atoms with Gasteiger partial charge in [-0.15, -0.1) is 0 Å². The third-order valence-electron chi connectivity index (χ3n) is 3.93. The van der Waals surface area contributed by atoms with Crippen LogP contribution in [0, 0.1) is 6.92 Å². The Balaban J connectivity index is 2.02. The molecule has 1 heterocycles. The Morgan fingerprint density at radius 2 is 1.73 bits per heavy atom. The van der Waals surface area contributed by atoms with Gasteiger partial charge in [0.25, 0.3) is 0 Å². The second-order valence-electron chi connectivity index (χ2n) is 5.70. The van der Waals surface area contributed by atoms with Gasteiger partial charge in [0.1, 0.15) is 5.75 Å². The molecule has 1 aliphatic heterocycles.